The van der Waals surface area contributed by atoms with Gasteiger partial charge in [0.15, 0.2) is 5.11 Å². The van der Waals surface area contributed by atoms with E-state index in [1.807, 2.05) is 85.8 Å². The van der Waals surface area contributed by atoms with Crippen LogP contribution in [0.2, 0.25) is 0 Å². The van der Waals surface area contributed by atoms with E-state index in [-0.39, 0.29) is 11.9 Å². The van der Waals surface area contributed by atoms with Crippen molar-refractivity contribution in [2.45, 2.75) is 19.6 Å². The maximum absolute atomic E-state index is 13.1. The Balaban J connectivity index is 1.55. The smallest absolute Gasteiger partial charge is 0.277 e. The molecule has 0 bridgehead atoms. The lowest BCUT2D eigenvalue weighted by molar-refractivity contribution is -0.123. The Labute approximate surface area is 193 Å². The van der Waals surface area contributed by atoms with Crippen LogP contribution in [-0.4, -0.2) is 23.0 Å². The molecule has 1 aliphatic rings. The number of hydrogen-bond acceptors (Lipinski definition) is 4. The second-order valence-electron chi connectivity index (χ2n) is 7.42. The number of carbonyl (C=O) groups is 1. The summed E-state index contributed by atoms with van der Waals surface area (Å²) in [6.45, 7) is 2.32. The quantitative estimate of drug-likeness (QED) is 0.406. The summed E-state index contributed by atoms with van der Waals surface area (Å²) in [5, 5.41) is 3.47. The van der Waals surface area contributed by atoms with Crippen molar-refractivity contribution < 1.29 is 14.3 Å². The molecule has 1 heterocycles. The third kappa shape index (κ3) is 4.65. The standard InChI is InChI=1S/C26H24N2O3S/c1-18(20-9-5-3-6-10-20)28-25(29)23(27-26(28)32)16-19-13-14-24(30-2)21(15-19)17-31-22-11-7-4-8-12-22/h3-16,18H,17H2,1-2H3,(H,27,32)/b23-16+/t18-/m0/s1. The Bertz CT molecular complexity index is 1150. The highest BCUT2D eigenvalue weighted by Crippen LogP contribution is 2.28. The highest BCUT2D eigenvalue weighted by atomic mass is 32.1. The summed E-state index contributed by atoms with van der Waals surface area (Å²) in [5.41, 5.74) is 3.20. The van der Waals surface area contributed by atoms with E-state index >= 15 is 0 Å². The molecule has 1 atom stereocenters. The van der Waals surface area contributed by atoms with Crippen LogP contribution in [0, 0.1) is 0 Å². The van der Waals surface area contributed by atoms with Crippen molar-refractivity contribution >= 4 is 29.3 Å². The highest BCUT2D eigenvalue weighted by molar-refractivity contribution is 7.80. The molecule has 0 spiro atoms. The van der Waals surface area contributed by atoms with Crippen molar-refractivity contribution in [3.63, 3.8) is 0 Å². The van der Waals surface area contributed by atoms with Crippen LogP contribution in [0.4, 0.5) is 0 Å². The van der Waals surface area contributed by atoms with E-state index in [0.29, 0.717) is 17.4 Å². The van der Waals surface area contributed by atoms with Gasteiger partial charge in [0.25, 0.3) is 5.91 Å². The number of carbonyl (C=O) groups excluding carboxylic acids is 1. The lowest BCUT2D eigenvalue weighted by Crippen LogP contribution is -2.33. The first kappa shape index (κ1) is 21.6. The lowest BCUT2D eigenvalue weighted by Gasteiger charge is -2.23. The monoisotopic (exact) mass is 444 g/mol. The Morgan fingerprint density at radius 1 is 1.03 bits per heavy atom. The van der Waals surface area contributed by atoms with Crippen LogP contribution in [0.15, 0.2) is 84.6 Å². The molecule has 1 aliphatic heterocycles. The van der Waals surface area contributed by atoms with Gasteiger partial charge < -0.3 is 14.8 Å². The van der Waals surface area contributed by atoms with E-state index < -0.39 is 0 Å². The van der Waals surface area contributed by atoms with Crippen molar-refractivity contribution in [3.05, 3.63) is 101 Å². The van der Waals surface area contributed by atoms with Gasteiger partial charge in [-0.25, -0.2) is 0 Å². The van der Waals surface area contributed by atoms with Crippen LogP contribution in [-0.2, 0) is 11.4 Å². The third-order valence-corrected chi connectivity index (χ3v) is 5.63. The second-order valence-corrected chi connectivity index (χ2v) is 7.81. The van der Waals surface area contributed by atoms with Gasteiger partial charge in [0.1, 0.15) is 23.8 Å². The molecule has 1 N–H and O–H groups in total. The third-order valence-electron chi connectivity index (χ3n) is 5.33. The normalized spacial score (nSPS) is 15.6. The van der Waals surface area contributed by atoms with Gasteiger partial charge >= 0.3 is 0 Å². The Morgan fingerprint density at radius 2 is 1.72 bits per heavy atom. The fourth-order valence-corrected chi connectivity index (χ4v) is 3.98. The molecule has 0 radical (unpaired) electrons. The summed E-state index contributed by atoms with van der Waals surface area (Å²) in [4.78, 5) is 14.7. The highest BCUT2D eigenvalue weighted by Gasteiger charge is 2.34. The predicted octanol–water partition coefficient (Wildman–Crippen LogP) is 5.09. The van der Waals surface area contributed by atoms with Crippen LogP contribution in [0.5, 0.6) is 11.5 Å². The van der Waals surface area contributed by atoms with E-state index in [9.17, 15) is 4.79 Å². The van der Waals surface area contributed by atoms with Crippen molar-refractivity contribution in [3.8, 4) is 11.5 Å². The molecule has 5 nitrogen and oxygen atoms in total. The van der Waals surface area contributed by atoms with Gasteiger partial charge in [-0.1, -0.05) is 54.6 Å². The molecule has 0 saturated carbocycles. The minimum atomic E-state index is -0.166. The Morgan fingerprint density at radius 3 is 2.41 bits per heavy atom. The van der Waals surface area contributed by atoms with Crippen molar-refractivity contribution in [2.24, 2.45) is 0 Å². The molecular formula is C26H24N2O3S. The number of ether oxygens (including phenoxy) is 2. The Kier molecular flexibility index (Phi) is 6.52. The molecule has 1 amide bonds. The zero-order chi connectivity index (χ0) is 22.5. The number of benzene rings is 3. The van der Waals surface area contributed by atoms with Gasteiger partial charge in [-0.3, -0.25) is 9.69 Å². The summed E-state index contributed by atoms with van der Waals surface area (Å²) in [6, 6.07) is 25.0. The minimum absolute atomic E-state index is 0.149. The van der Waals surface area contributed by atoms with E-state index in [0.717, 1.165) is 28.2 Å². The first-order valence-electron chi connectivity index (χ1n) is 10.3. The average molecular weight is 445 g/mol. The van der Waals surface area contributed by atoms with Crippen LogP contribution < -0.4 is 14.8 Å². The fourth-order valence-electron chi connectivity index (χ4n) is 3.63. The topological polar surface area (TPSA) is 50.8 Å². The molecular weight excluding hydrogens is 420 g/mol. The van der Waals surface area contributed by atoms with Crippen LogP contribution in [0.3, 0.4) is 0 Å². The summed E-state index contributed by atoms with van der Waals surface area (Å²) in [5.74, 6) is 1.36. The zero-order valence-electron chi connectivity index (χ0n) is 17.9. The number of amides is 1. The summed E-state index contributed by atoms with van der Waals surface area (Å²) in [7, 11) is 1.63. The van der Waals surface area contributed by atoms with E-state index in [1.54, 1.807) is 18.1 Å². The number of hydrogen-bond donors (Lipinski definition) is 1. The minimum Gasteiger partial charge on any atom is -0.496 e. The average Bonchev–Trinajstić information content (AvgIpc) is 3.11. The number of rotatable bonds is 7. The van der Waals surface area contributed by atoms with Gasteiger partial charge in [-0.2, -0.15) is 0 Å². The van der Waals surface area contributed by atoms with Crippen molar-refractivity contribution in [1.29, 1.82) is 0 Å². The summed E-state index contributed by atoms with van der Waals surface area (Å²) < 4.78 is 11.4. The molecule has 0 aromatic heterocycles. The number of nitrogens with one attached hydrogen (secondary N) is 1. The molecule has 6 heteroatoms. The Hall–Kier alpha value is -3.64. The SMILES string of the molecule is COc1ccc(/C=C2/NC(=S)N([C@@H](C)c3ccccc3)C2=O)cc1COc1ccccc1. The summed E-state index contributed by atoms with van der Waals surface area (Å²) in [6.07, 6.45) is 1.80. The first-order valence-corrected chi connectivity index (χ1v) is 10.7. The second kappa shape index (κ2) is 9.66. The first-order chi connectivity index (χ1) is 15.6. The molecule has 0 aliphatic carbocycles. The van der Waals surface area contributed by atoms with E-state index in [4.69, 9.17) is 21.7 Å². The number of thiocarbonyl (C=S) groups is 1. The van der Waals surface area contributed by atoms with Gasteiger partial charge in [-0.15, -0.1) is 0 Å². The van der Waals surface area contributed by atoms with Crippen molar-refractivity contribution in [1.82, 2.24) is 10.2 Å². The van der Waals surface area contributed by atoms with Crippen molar-refractivity contribution in [2.75, 3.05) is 7.11 Å². The predicted molar refractivity (Wildman–Crippen MR) is 129 cm³/mol. The molecule has 4 rings (SSSR count). The van der Waals surface area contributed by atoms with E-state index in [1.165, 1.54) is 0 Å². The number of para-hydroxylation sites is 1. The van der Waals surface area contributed by atoms with Crippen LogP contribution in [0.25, 0.3) is 6.08 Å². The molecule has 1 saturated heterocycles. The number of methoxy groups -OCH3 is 1. The van der Waals surface area contributed by atoms with Gasteiger partial charge in [0.2, 0.25) is 0 Å². The maximum Gasteiger partial charge on any atom is 0.277 e. The molecule has 3 aromatic carbocycles. The summed E-state index contributed by atoms with van der Waals surface area (Å²) >= 11 is 5.46. The van der Waals surface area contributed by atoms with Gasteiger partial charge in [-0.05, 0) is 60.6 Å². The fraction of sp³-hybridized carbons (Fsp3) is 0.154. The van der Waals surface area contributed by atoms with Gasteiger partial charge in [0, 0.05) is 5.56 Å². The lowest BCUT2D eigenvalue weighted by atomic mass is 10.1. The zero-order valence-corrected chi connectivity index (χ0v) is 18.8. The van der Waals surface area contributed by atoms with Crippen LogP contribution >= 0.6 is 12.2 Å². The largest absolute Gasteiger partial charge is 0.496 e. The molecule has 32 heavy (non-hydrogen) atoms. The maximum atomic E-state index is 13.1. The molecule has 0 unspecified atom stereocenters. The van der Waals surface area contributed by atoms with E-state index in [2.05, 4.69) is 5.32 Å². The van der Waals surface area contributed by atoms with Gasteiger partial charge in [0.05, 0.1) is 13.2 Å². The molecule has 1 fully saturated rings. The molecule has 3 aromatic rings. The number of nitrogens with zero attached hydrogens (tertiary/aromatic N) is 1. The van der Waals surface area contributed by atoms with Crippen LogP contribution in [0.1, 0.15) is 29.7 Å². The molecule has 162 valence electrons.